The largest absolute Gasteiger partial charge is 0.353 e. The molecule has 1 N–H and O–H groups in total. The molecular formula is C24H24F2N4O3. The van der Waals surface area contributed by atoms with Gasteiger partial charge in [-0.3, -0.25) is 9.59 Å². The van der Waals surface area contributed by atoms with E-state index in [1.807, 2.05) is 0 Å². The fourth-order valence-corrected chi connectivity index (χ4v) is 3.76. The van der Waals surface area contributed by atoms with Crippen LogP contribution in [0.5, 0.6) is 0 Å². The number of nitrogens with zero attached hydrogens (tertiary/aromatic N) is 3. The summed E-state index contributed by atoms with van der Waals surface area (Å²) in [5.41, 5.74) is 1.10. The van der Waals surface area contributed by atoms with Crippen molar-refractivity contribution in [1.29, 1.82) is 0 Å². The lowest BCUT2D eigenvalue weighted by Gasteiger charge is -2.32. The molecule has 0 aliphatic carbocycles. The predicted octanol–water partition coefficient (Wildman–Crippen LogP) is 3.68. The van der Waals surface area contributed by atoms with Crippen LogP contribution in [0.1, 0.15) is 41.1 Å². The second-order valence-corrected chi connectivity index (χ2v) is 8.09. The molecule has 0 radical (unpaired) electrons. The normalized spacial score (nSPS) is 14.3. The summed E-state index contributed by atoms with van der Waals surface area (Å²) < 4.78 is 32.8. The van der Waals surface area contributed by atoms with Gasteiger partial charge in [0.15, 0.2) is 0 Å². The number of rotatable bonds is 6. The van der Waals surface area contributed by atoms with Crippen LogP contribution in [-0.4, -0.2) is 46.0 Å². The standard InChI is InChI=1S/C24H24F2N4O3/c1-15-6-7-16(14-20(15)26)23-28-22(33-29-23)9-8-21(31)27-17-10-12-30(13-11-17)24(32)18-4-2-3-5-19(18)25/h2-7,14,17H,8-13H2,1H3,(H,27,31). The highest BCUT2D eigenvalue weighted by atomic mass is 19.1. The molecule has 1 aliphatic rings. The van der Waals surface area contributed by atoms with Crippen molar-refractivity contribution >= 4 is 11.8 Å². The van der Waals surface area contributed by atoms with E-state index in [0.29, 0.717) is 42.9 Å². The highest BCUT2D eigenvalue weighted by Crippen LogP contribution is 2.20. The number of carbonyl (C=O) groups excluding carboxylic acids is 2. The lowest BCUT2D eigenvalue weighted by atomic mass is 10.0. The highest BCUT2D eigenvalue weighted by molar-refractivity contribution is 5.94. The Morgan fingerprint density at radius 3 is 2.61 bits per heavy atom. The lowest BCUT2D eigenvalue weighted by Crippen LogP contribution is -2.46. The Kier molecular flexibility index (Phi) is 6.76. The summed E-state index contributed by atoms with van der Waals surface area (Å²) in [5, 5.41) is 6.82. The van der Waals surface area contributed by atoms with Crippen LogP contribution in [-0.2, 0) is 11.2 Å². The third-order valence-corrected chi connectivity index (χ3v) is 5.72. The quantitative estimate of drug-likeness (QED) is 0.614. The maximum atomic E-state index is 13.9. The Hall–Kier alpha value is -3.62. The molecule has 3 aromatic rings. The number of amides is 2. The van der Waals surface area contributed by atoms with Gasteiger partial charge in [-0.1, -0.05) is 29.4 Å². The van der Waals surface area contributed by atoms with E-state index in [2.05, 4.69) is 15.5 Å². The molecule has 0 atom stereocenters. The highest BCUT2D eigenvalue weighted by Gasteiger charge is 2.26. The smallest absolute Gasteiger partial charge is 0.256 e. The third kappa shape index (κ3) is 5.42. The first-order chi connectivity index (χ1) is 15.9. The van der Waals surface area contributed by atoms with Crippen LogP contribution < -0.4 is 5.32 Å². The molecule has 0 saturated carbocycles. The second-order valence-electron chi connectivity index (χ2n) is 8.09. The molecule has 2 aromatic carbocycles. The Bertz CT molecular complexity index is 1160. The van der Waals surface area contributed by atoms with Gasteiger partial charge in [-0.2, -0.15) is 4.98 Å². The topological polar surface area (TPSA) is 88.3 Å². The lowest BCUT2D eigenvalue weighted by molar-refractivity contribution is -0.122. The zero-order valence-electron chi connectivity index (χ0n) is 18.2. The summed E-state index contributed by atoms with van der Waals surface area (Å²) in [6.07, 6.45) is 1.61. The van der Waals surface area contributed by atoms with Gasteiger partial charge in [-0.25, -0.2) is 8.78 Å². The van der Waals surface area contributed by atoms with Crippen LogP contribution in [0, 0.1) is 18.6 Å². The molecule has 2 heterocycles. The van der Waals surface area contributed by atoms with Gasteiger partial charge in [0.05, 0.1) is 5.56 Å². The van der Waals surface area contributed by atoms with Gasteiger partial charge < -0.3 is 14.7 Å². The SMILES string of the molecule is Cc1ccc(-c2noc(CCC(=O)NC3CCN(C(=O)c4ccccc4F)CC3)n2)cc1F. The first-order valence-corrected chi connectivity index (χ1v) is 10.8. The summed E-state index contributed by atoms with van der Waals surface area (Å²) in [6, 6.07) is 10.6. The van der Waals surface area contributed by atoms with Crippen molar-refractivity contribution in [2.24, 2.45) is 0 Å². The van der Waals surface area contributed by atoms with Crippen LogP contribution in [0.2, 0.25) is 0 Å². The molecule has 1 aromatic heterocycles. The third-order valence-electron chi connectivity index (χ3n) is 5.72. The Morgan fingerprint density at radius 2 is 1.88 bits per heavy atom. The Balaban J connectivity index is 1.23. The molecule has 7 nitrogen and oxygen atoms in total. The van der Waals surface area contributed by atoms with Gasteiger partial charge in [-0.05, 0) is 43.5 Å². The summed E-state index contributed by atoms with van der Waals surface area (Å²) >= 11 is 0. The molecule has 0 bridgehead atoms. The molecular weight excluding hydrogens is 430 g/mol. The maximum Gasteiger partial charge on any atom is 0.256 e. The number of carbonyl (C=O) groups is 2. The number of nitrogens with one attached hydrogen (secondary N) is 1. The van der Waals surface area contributed by atoms with Crippen molar-refractivity contribution in [3.63, 3.8) is 0 Å². The average Bonchev–Trinajstić information content (AvgIpc) is 3.29. The maximum absolute atomic E-state index is 13.9. The van der Waals surface area contributed by atoms with E-state index in [9.17, 15) is 18.4 Å². The number of halogens is 2. The van der Waals surface area contributed by atoms with Crippen molar-refractivity contribution in [2.75, 3.05) is 13.1 Å². The monoisotopic (exact) mass is 454 g/mol. The van der Waals surface area contributed by atoms with Crippen molar-refractivity contribution in [3.8, 4) is 11.4 Å². The summed E-state index contributed by atoms with van der Waals surface area (Å²) in [5.74, 6) is -0.800. The minimum Gasteiger partial charge on any atom is -0.353 e. The van der Waals surface area contributed by atoms with E-state index in [4.69, 9.17) is 4.52 Å². The number of aromatic nitrogens is 2. The van der Waals surface area contributed by atoms with E-state index in [0.717, 1.165) is 0 Å². The first-order valence-electron chi connectivity index (χ1n) is 10.8. The number of hydrogen-bond acceptors (Lipinski definition) is 5. The van der Waals surface area contributed by atoms with Crippen LogP contribution in [0.3, 0.4) is 0 Å². The van der Waals surface area contributed by atoms with Crippen molar-refractivity contribution in [2.45, 2.75) is 38.6 Å². The zero-order chi connectivity index (χ0) is 23.4. The van der Waals surface area contributed by atoms with Gasteiger partial charge >= 0.3 is 0 Å². The van der Waals surface area contributed by atoms with Crippen molar-refractivity contribution in [1.82, 2.24) is 20.4 Å². The van der Waals surface area contributed by atoms with Gasteiger partial charge in [0.2, 0.25) is 17.6 Å². The van der Waals surface area contributed by atoms with Crippen molar-refractivity contribution < 1.29 is 22.9 Å². The van der Waals surface area contributed by atoms with Crippen molar-refractivity contribution in [3.05, 3.63) is 71.1 Å². The first kappa shape index (κ1) is 22.6. The molecule has 1 aliphatic heterocycles. The molecule has 172 valence electrons. The van der Waals surface area contributed by atoms with Crippen LogP contribution >= 0.6 is 0 Å². The zero-order valence-corrected chi connectivity index (χ0v) is 18.2. The minimum atomic E-state index is -0.533. The molecule has 33 heavy (non-hydrogen) atoms. The molecule has 1 fully saturated rings. The number of benzene rings is 2. The fourth-order valence-electron chi connectivity index (χ4n) is 3.76. The van der Waals surface area contributed by atoms with E-state index >= 15 is 0 Å². The van der Waals surface area contributed by atoms with E-state index in [1.54, 1.807) is 36.1 Å². The van der Waals surface area contributed by atoms with Gasteiger partial charge in [0, 0.05) is 37.5 Å². The van der Waals surface area contributed by atoms with Gasteiger partial charge in [-0.15, -0.1) is 0 Å². The Labute approximate surface area is 189 Å². The number of piperidine rings is 1. The van der Waals surface area contributed by atoms with Gasteiger partial charge in [0.1, 0.15) is 11.6 Å². The van der Waals surface area contributed by atoms with E-state index in [-0.39, 0.29) is 47.9 Å². The molecule has 4 rings (SSSR count). The Morgan fingerprint density at radius 1 is 1.12 bits per heavy atom. The van der Waals surface area contributed by atoms with E-state index in [1.165, 1.54) is 18.2 Å². The van der Waals surface area contributed by atoms with Crippen LogP contribution in [0.25, 0.3) is 11.4 Å². The number of hydrogen-bond donors (Lipinski definition) is 1. The second kappa shape index (κ2) is 9.89. The number of aryl methyl sites for hydroxylation is 2. The van der Waals surface area contributed by atoms with Gasteiger partial charge in [0.25, 0.3) is 5.91 Å². The summed E-state index contributed by atoms with van der Waals surface area (Å²) in [4.78, 5) is 30.7. The van der Waals surface area contributed by atoms with Crippen LogP contribution in [0.15, 0.2) is 47.0 Å². The summed E-state index contributed by atoms with van der Waals surface area (Å²) in [7, 11) is 0. The molecule has 0 unspecified atom stereocenters. The summed E-state index contributed by atoms with van der Waals surface area (Å²) in [6.45, 7) is 2.56. The molecule has 2 amide bonds. The average molecular weight is 454 g/mol. The molecule has 9 heteroatoms. The minimum absolute atomic E-state index is 0.0593. The van der Waals surface area contributed by atoms with E-state index < -0.39 is 5.82 Å². The van der Waals surface area contributed by atoms with Crippen LogP contribution in [0.4, 0.5) is 8.78 Å². The predicted molar refractivity (Wildman–Crippen MR) is 116 cm³/mol. The fraction of sp³-hybridized carbons (Fsp3) is 0.333. The molecule has 1 saturated heterocycles. The molecule has 0 spiro atoms. The number of likely N-dealkylation sites (tertiary alicyclic amines) is 1.